The molecule has 0 unspecified atom stereocenters. The minimum Gasteiger partial charge on any atom is -0.508 e. The van der Waals surface area contributed by atoms with Gasteiger partial charge in [-0.3, -0.25) is 0 Å². The van der Waals surface area contributed by atoms with Crippen molar-refractivity contribution >= 4 is 0 Å². The Hall–Kier alpha value is -1.76. The molecule has 82 valence electrons. The second kappa shape index (κ2) is 4.01. The van der Waals surface area contributed by atoms with Gasteiger partial charge < -0.3 is 5.11 Å². The number of aromatic hydroxyl groups is 1. The van der Waals surface area contributed by atoms with Gasteiger partial charge in [0.1, 0.15) is 5.75 Å². The first-order chi connectivity index (χ1) is 7.59. The molecule has 0 bridgehead atoms. The summed E-state index contributed by atoms with van der Waals surface area (Å²) in [5.74, 6) is 0.356. The number of aryl methyl sites for hydroxylation is 3. The summed E-state index contributed by atoms with van der Waals surface area (Å²) in [6.07, 6.45) is 0. The van der Waals surface area contributed by atoms with Crippen LogP contribution in [0.2, 0.25) is 0 Å². The summed E-state index contributed by atoms with van der Waals surface area (Å²) in [4.78, 5) is 0. The summed E-state index contributed by atoms with van der Waals surface area (Å²) < 4.78 is 0. The molecule has 1 N–H and O–H groups in total. The number of rotatable bonds is 1. The predicted octanol–water partition coefficient (Wildman–Crippen LogP) is 3.98. The van der Waals surface area contributed by atoms with Crippen LogP contribution in [0.3, 0.4) is 0 Å². The van der Waals surface area contributed by atoms with E-state index >= 15 is 0 Å². The molecular weight excluding hydrogens is 196 g/mol. The lowest BCUT2D eigenvalue weighted by atomic mass is 9.95. The lowest BCUT2D eigenvalue weighted by Crippen LogP contribution is -1.88. The van der Waals surface area contributed by atoms with Crippen molar-refractivity contribution in [2.45, 2.75) is 20.8 Å². The largest absolute Gasteiger partial charge is 0.508 e. The lowest BCUT2D eigenvalue weighted by Gasteiger charge is -2.11. The van der Waals surface area contributed by atoms with E-state index in [1.54, 1.807) is 6.07 Å². The molecule has 2 aromatic rings. The summed E-state index contributed by atoms with van der Waals surface area (Å²) in [5, 5.41) is 9.53. The summed E-state index contributed by atoms with van der Waals surface area (Å²) in [6, 6.07) is 12.1. The average molecular weight is 212 g/mol. The second-order valence-electron chi connectivity index (χ2n) is 4.27. The first-order valence-electron chi connectivity index (χ1n) is 5.46. The molecule has 0 saturated heterocycles. The van der Waals surface area contributed by atoms with Gasteiger partial charge in [0, 0.05) is 0 Å². The Morgan fingerprint density at radius 2 is 1.44 bits per heavy atom. The molecule has 0 saturated carbocycles. The van der Waals surface area contributed by atoms with Crippen molar-refractivity contribution in [2.75, 3.05) is 0 Å². The highest BCUT2D eigenvalue weighted by molar-refractivity contribution is 5.72. The van der Waals surface area contributed by atoms with Crippen molar-refractivity contribution in [1.82, 2.24) is 0 Å². The van der Waals surface area contributed by atoms with E-state index in [1.807, 2.05) is 19.1 Å². The molecule has 0 amide bonds. The van der Waals surface area contributed by atoms with Gasteiger partial charge in [0.2, 0.25) is 0 Å². The van der Waals surface area contributed by atoms with Gasteiger partial charge in [0.05, 0.1) is 0 Å². The van der Waals surface area contributed by atoms with Gasteiger partial charge in [-0.1, -0.05) is 24.3 Å². The van der Waals surface area contributed by atoms with Crippen molar-refractivity contribution in [3.63, 3.8) is 0 Å². The fourth-order valence-electron chi connectivity index (χ4n) is 2.08. The van der Waals surface area contributed by atoms with E-state index in [0.717, 1.165) is 5.56 Å². The number of hydrogen-bond acceptors (Lipinski definition) is 1. The Labute approximate surface area is 96.4 Å². The van der Waals surface area contributed by atoms with Crippen LogP contribution in [0.5, 0.6) is 5.75 Å². The standard InChI is InChI=1S/C15H16O/c1-10-5-4-6-11(2)15(10)13-7-8-14(16)12(3)9-13/h4-9,16H,1-3H3. The van der Waals surface area contributed by atoms with E-state index in [2.05, 4.69) is 32.0 Å². The van der Waals surface area contributed by atoms with Gasteiger partial charge >= 0.3 is 0 Å². The maximum atomic E-state index is 9.53. The molecular formula is C15H16O. The Morgan fingerprint density at radius 3 is 2.00 bits per heavy atom. The molecule has 0 fully saturated rings. The molecule has 1 heteroatoms. The first kappa shape index (κ1) is 10.7. The first-order valence-corrected chi connectivity index (χ1v) is 5.46. The van der Waals surface area contributed by atoms with E-state index < -0.39 is 0 Å². The van der Waals surface area contributed by atoms with Crippen molar-refractivity contribution < 1.29 is 5.11 Å². The maximum Gasteiger partial charge on any atom is 0.118 e. The van der Waals surface area contributed by atoms with Gasteiger partial charge in [-0.05, 0) is 60.7 Å². The van der Waals surface area contributed by atoms with Gasteiger partial charge in [0.15, 0.2) is 0 Å². The Balaban J connectivity index is 2.63. The molecule has 0 radical (unpaired) electrons. The van der Waals surface area contributed by atoms with Crippen LogP contribution in [-0.2, 0) is 0 Å². The SMILES string of the molecule is Cc1cc(-c2c(C)cccc2C)ccc1O. The molecule has 0 aliphatic rings. The van der Waals surface area contributed by atoms with E-state index in [4.69, 9.17) is 0 Å². The maximum absolute atomic E-state index is 9.53. The van der Waals surface area contributed by atoms with Gasteiger partial charge in [-0.15, -0.1) is 0 Å². The van der Waals surface area contributed by atoms with Crippen molar-refractivity contribution in [3.05, 3.63) is 53.1 Å². The number of hydrogen-bond donors (Lipinski definition) is 1. The van der Waals surface area contributed by atoms with Crippen LogP contribution in [0, 0.1) is 20.8 Å². The van der Waals surface area contributed by atoms with Crippen molar-refractivity contribution in [1.29, 1.82) is 0 Å². The minimum absolute atomic E-state index is 0.356. The van der Waals surface area contributed by atoms with E-state index in [1.165, 1.54) is 22.3 Å². The molecule has 0 aliphatic heterocycles. The monoisotopic (exact) mass is 212 g/mol. The molecule has 0 heterocycles. The Morgan fingerprint density at radius 1 is 0.812 bits per heavy atom. The van der Waals surface area contributed by atoms with Gasteiger partial charge in [0.25, 0.3) is 0 Å². The summed E-state index contributed by atoms with van der Waals surface area (Å²) in [5.41, 5.74) is 5.90. The highest BCUT2D eigenvalue weighted by Gasteiger charge is 2.06. The zero-order chi connectivity index (χ0) is 11.7. The van der Waals surface area contributed by atoms with Crippen LogP contribution in [0.4, 0.5) is 0 Å². The minimum atomic E-state index is 0.356. The number of benzene rings is 2. The molecule has 0 atom stereocenters. The number of phenols is 1. The van der Waals surface area contributed by atoms with Crippen LogP contribution < -0.4 is 0 Å². The van der Waals surface area contributed by atoms with Crippen LogP contribution in [0.1, 0.15) is 16.7 Å². The van der Waals surface area contributed by atoms with Gasteiger partial charge in [-0.2, -0.15) is 0 Å². The predicted molar refractivity (Wildman–Crippen MR) is 67.8 cm³/mol. The normalized spacial score (nSPS) is 10.4. The third-order valence-electron chi connectivity index (χ3n) is 2.97. The third kappa shape index (κ3) is 1.81. The average Bonchev–Trinajstić information content (AvgIpc) is 2.23. The molecule has 0 aromatic heterocycles. The second-order valence-corrected chi connectivity index (χ2v) is 4.27. The smallest absolute Gasteiger partial charge is 0.118 e. The lowest BCUT2D eigenvalue weighted by molar-refractivity contribution is 0.471. The van der Waals surface area contributed by atoms with Crippen LogP contribution in [-0.4, -0.2) is 5.11 Å². The zero-order valence-corrected chi connectivity index (χ0v) is 9.91. The molecule has 2 aromatic carbocycles. The summed E-state index contributed by atoms with van der Waals surface area (Å²) in [6.45, 7) is 6.15. The van der Waals surface area contributed by atoms with E-state index in [9.17, 15) is 5.11 Å². The fourth-order valence-corrected chi connectivity index (χ4v) is 2.08. The van der Waals surface area contributed by atoms with Crippen molar-refractivity contribution in [3.8, 4) is 16.9 Å². The Kier molecular flexibility index (Phi) is 2.69. The molecule has 2 rings (SSSR count). The quantitative estimate of drug-likeness (QED) is 0.758. The van der Waals surface area contributed by atoms with E-state index in [0.29, 0.717) is 5.75 Å². The third-order valence-corrected chi connectivity index (χ3v) is 2.97. The highest BCUT2D eigenvalue weighted by Crippen LogP contribution is 2.30. The molecule has 0 spiro atoms. The van der Waals surface area contributed by atoms with Crippen LogP contribution >= 0.6 is 0 Å². The highest BCUT2D eigenvalue weighted by atomic mass is 16.3. The van der Waals surface area contributed by atoms with Crippen LogP contribution in [0.25, 0.3) is 11.1 Å². The zero-order valence-electron chi connectivity index (χ0n) is 9.91. The van der Waals surface area contributed by atoms with Gasteiger partial charge in [-0.25, -0.2) is 0 Å². The van der Waals surface area contributed by atoms with Crippen LogP contribution in [0.15, 0.2) is 36.4 Å². The summed E-state index contributed by atoms with van der Waals surface area (Å²) >= 11 is 0. The van der Waals surface area contributed by atoms with E-state index in [-0.39, 0.29) is 0 Å². The Bertz CT molecular complexity index is 507. The molecule has 0 aliphatic carbocycles. The topological polar surface area (TPSA) is 20.2 Å². The molecule has 16 heavy (non-hydrogen) atoms. The number of phenolic OH excluding ortho intramolecular Hbond substituents is 1. The summed E-state index contributed by atoms with van der Waals surface area (Å²) in [7, 11) is 0. The van der Waals surface area contributed by atoms with Crippen molar-refractivity contribution in [2.24, 2.45) is 0 Å². The fraction of sp³-hybridized carbons (Fsp3) is 0.200. The molecule has 1 nitrogen and oxygen atoms in total.